The Kier molecular flexibility index (Phi) is 5.13. The summed E-state index contributed by atoms with van der Waals surface area (Å²) in [6, 6.07) is 11.6. The second kappa shape index (κ2) is 7.28. The highest BCUT2D eigenvalue weighted by Gasteiger charge is 2.39. The number of hydrogen-bond acceptors (Lipinski definition) is 3. The minimum Gasteiger partial charge on any atom is -0.480 e. The van der Waals surface area contributed by atoms with Crippen molar-refractivity contribution in [3.05, 3.63) is 41.5 Å². The topological polar surface area (TPSA) is 52.6 Å². The first kappa shape index (κ1) is 16.2. The molecular formula is C19H26N2O2. The maximum absolute atomic E-state index is 10.7. The third-order valence-corrected chi connectivity index (χ3v) is 4.97. The third-order valence-electron chi connectivity index (χ3n) is 4.97. The van der Waals surface area contributed by atoms with E-state index in [4.69, 9.17) is 5.11 Å². The van der Waals surface area contributed by atoms with Crippen molar-refractivity contribution in [1.29, 1.82) is 0 Å². The number of aliphatic carboxylic acids is 1. The number of carbonyl (C=O) groups is 1. The van der Waals surface area contributed by atoms with Crippen LogP contribution in [0.25, 0.3) is 6.08 Å². The second-order valence-electron chi connectivity index (χ2n) is 6.86. The van der Waals surface area contributed by atoms with Crippen molar-refractivity contribution in [3.63, 3.8) is 0 Å². The predicted molar refractivity (Wildman–Crippen MR) is 92.2 cm³/mol. The Balaban J connectivity index is 1.43. The Labute approximate surface area is 138 Å². The molecule has 1 aromatic carbocycles. The van der Waals surface area contributed by atoms with Gasteiger partial charge in [-0.2, -0.15) is 0 Å². The Morgan fingerprint density at radius 1 is 1.30 bits per heavy atom. The molecule has 1 saturated heterocycles. The summed E-state index contributed by atoms with van der Waals surface area (Å²) in [4.78, 5) is 12.8. The summed E-state index contributed by atoms with van der Waals surface area (Å²) in [5.41, 5.74) is 2.73. The molecular weight excluding hydrogens is 288 g/mol. The number of carboxylic acid groups (broad SMARTS) is 1. The molecule has 4 nitrogen and oxygen atoms in total. The highest BCUT2D eigenvalue weighted by molar-refractivity contribution is 5.69. The van der Waals surface area contributed by atoms with E-state index in [1.165, 1.54) is 17.6 Å². The first-order valence-electron chi connectivity index (χ1n) is 8.55. The molecule has 2 fully saturated rings. The molecule has 0 bridgehead atoms. The lowest BCUT2D eigenvalue weighted by Gasteiger charge is -2.31. The van der Waals surface area contributed by atoms with Gasteiger partial charge >= 0.3 is 5.97 Å². The number of likely N-dealkylation sites (tertiary alicyclic amines) is 1. The van der Waals surface area contributed by atoms with Crippen LogP contribution in [0.4, 0.5) is 0 Å². The SMILES string of the molecule is CC(=Cc1ccccc1)C1CC1NC1CCN(CC(=O)O)CC1. The number of benzene rings is 1. The standard InChI is InChI=1S/C19H26N2O2/c1-14(11-15-5-3-2-4-6-15)17-12-18(17)20-16-7-9-21(10-8-16)13-19(22)23/h2-6,11,16-18,20H,7-10,12-13H2,1H3,(H,22,23). The van der Waals surface area contributed by atoms with E-state index in [0.717, 1.165) is 25.9 Å². The van der Waals surface area contributed by atoms with Gasteiger partial charge in [-0.25, -0.2) is 0 Å². The molecule has 0 aromatic heterocycles. The van der Waals surface area contributed by atoms with E-state index >= 15 is 0 Å². The monoisotopic (exact) mass is 314 g/mol. The summed E-state index contributed by atoms with van der Waals surface area (Å²) in [5.74, 6) is -0.0624. The van der Waals surface area contributed by atoms with Crippen LogP contribution >= 0.6 is 0 Å². The molecule has 2 unspecified atom stereocenters. The van der Waals surface area contributed by atoms with Crippen LogP contribution in [0.5, 0.6) is 0 Å². The normalized spacial score (nSPS) is 26.2. The molecule has 0 radical (unpaired) electrons. The molecule has 1 aromatic rings. The Morgan fingerprint density at radius 3 is 2.65 bits per heavy atom. The first-order chi connectivity index (χ1) is 11.1. The molecule has 0 amide bonds. The van der Waals surface area contributed by atoms with Crippen molar-refractivity contribution in [1.82, 2.24) is 10.2 Å². The van der Waals surface area contributed by atoms with Gasteiger partial charge in [-0.15, -0.1) is 0 Å². The Bertz CT molecular complexity index is 562. The Morgan fingerprint density at radius 2 is 2.00 bits per heavy atom. The molecule has 1 saturated carbocycles. The summed E-state index contributed by atoms with van der Waals surface area (Å²) in [6.07, 6.45) is 5.63. The average Bonchev–Trinajstić information content (AvgIpc) is 3.29. The largest absolute Gasteiger partial charge is 0.480 e. The molecule has 2 aliphatic rings. The van der Waals surface area contributed by atoms with Gasteiger partial charge in [0.25, 0.3) is 0 Å². The lowest BCUT2D eigenvalue weighted by Crippen LogP contribution is -2.45. The van der Waals surface area contributed by atoms with Crippen molar-refractivity contribution in [3.8, 4) is 0 Å². The van der Waals surface area contributed by atoms with Crippen molar-refractivity contribution >= 4 is 12.0 Å². The maximum Gasteiger partial charge on any atom is 0.317 e. The number of nitrogens with zero attached hydrogens (tertiary/aromatic N) is 1. The number of nitrogens with one attached hydrogen (secondary N) is 1. The van der Waals surface area contributed by atoms with E-state index in [1.807, 2.05) is 11.0 Å². The van der Waals surface area contributed by atoms with Gasteiger partial charge in [0, 0.05) is 25.2 Å². The summed E-state index contributed by atoms with van der Waals surface area (Å²) in [5, 5.41) is 12.6. The van der Waals surface area contributed by atoms with Crippen molar-refractivity contribution in [2.45, 2.75) is 38.3 Å². The molecule has 1 aliphatic heterocycles. The lowest BCUT2D eigenvalue weighted by atomic mass is 10.0. The van der Waals surface area contributed by atoms with Gasteiger partial charge in [0.2, 0.25) is 0 Å². The predicted octanol–water partition coefficient (Wildman–Crippen LogP) is 2.62. The average molecular weight is 314 g/mol. The van der Waals surface area contributed by atoms with Crippen LogP contribution in [0.2, 0.25) is 0 Å². The third kappa shape index (κ3) is 4.66. The highest BCUT2D eigenvalue weighted by Crippen LogP contribution is 2.38. The van der Waals surface area contributed by atoms with Gasteiger partial charge in [-0.3, -0.25) is 9.69 Å². The van der Waals surface area contributed by atoms with E-state index in [1.54, 1.807) is 0 Å². The van der Waals surface area contributed by atoms with Crippen LogP contribution in [0.1, 0.15) is 31.7 Å². The van der Waals surface area contributed by atoms with Crippen molar-refractivity contribution < 1.29 is 9.90 Å². The summed E-state index contributed by atoms with van der Waals surface area (Å²) < 4.78 is 0. The van der Waals surface area contributed by atoms with E-state index in [9.17, 15) is 4.79 Å². The second-order valence-corrected chi connectivity index (χ2v) is 6.86. The number of piperidine rings is 1. The number of rotatable bonds is 6. The summed E-state index contributed by atoms with van der Waals surface area (Å²) in [7, 11) is 0. The minimum absolute atomic E-state index is 0.178. The molecule has 23 heavy (non-hydrogen) atoms. The van der Waals surface area contributed by atoms with Crippen LogP contribution < -0.4 is 5.32 Å². The van der Waals surface area contributed by atoms with Crippen LogP contribution in [-0.4, -0.2) is 47.7 Å². The first-order valence-corrected chi connectivity index (χ1v) is 8.55. The van der Waals surface area contributed by atoms with Gasteiger partial charge < -0.3 is 10.4 Å². The molecule has 0 spiro atoms. The van der Waals surface area contributed by atoms with Gasteiger partial charge in [0.1, 0.15) is 0 Å². The van der Waals surface area contributed by atoms with E-state index in [0.29, 0.717) is 18.0 Å². The van der Waals surface area contributed by atoms with Gasteiger partial charge in [-0.05, 0) is 37.7 Å². The van der Waals surface area contributed by atoms with Crippen LogP contribution in [0, 0.1) is 5.92 Å². The zero-order valence-electron chi connectivity index (χ0n) is 13.7. The van der Waals surface area contributed by atoms with E-state index in [-0.39, 0.29) is 6.54 Å². The van der Waals surface area contributed by atoms with Gasteiger partial charge in [-0.1, -0.05) is 42.0 Å². The molecule has 3 rings (SSSR count). The molecule has 1 heterocycles. The zero-order chi connectivity index (χ0) is 16.2. The molecule has 124 valence electrons. The fourth-order valence-corrected chi connectivity index (χ4v) is 3.55. The summed E-state index contributed by atoms with van der Waals surface area (Å²) in [6.45, 7) is 4.19. The molecule has 2 N–H and O–H groups in total. The van der Waals surface area contributed by atoms with Crippen LogP contribution in [0.3, 0.4) is 0 Å². The number of carboxylic acids is 1. The van der Waals surface area contributed by atoms with Crippen LogP contribution in [0.15, 0.2) is 35.9 Å². The Hall–Kier alpha value is -1.65. The van der Waals surface area contributed by atoms with Gasteiger partial charge in [0.15, 0.2) is 0 Å². The number of hydrogen-bond donors (Lipinski definition) is 2. The minimum atomic E-state index is -0.722. The molecule has 4 heteroatoms. The smallest absolute Gasteiger partial charge is 0.317 e. The fraction of sp³-hybridized carbons (Fsp3) is 0.526. The zero-order valence-corrected chi connectivity index (χ0v) is 13.7. The van der Waals surface area contributed by atoms with Gasteiger partial charge in [0.05, 0.1) is 6.54 Å². The van der Waals surface area contributed by atoms with Crippen molar-refractivity contribution in [2.24, 2.45) is 5.92 Å². The highest BCUT2D eigenvalue weighted by atomic mass is 16.4. The quantitative estimate of drug-likeness (QED) is 0.847. The lowest BCUT2D eigenvalue weighted by molar-refractivity contribution is -0.138. The fourth-order valence-electron chi connectivity index (χ4n) is 3.55. The summed E-state index contributed by atoms with van der Waals surface area (Å²) >= 11 is 0. The van der Waals surface area contributed by atoms with Crippen LogP contribution in [-0.2, 0) is 4.79 Å². The van der Waals surface area contributed by atoms with E-state index < -0.39 is 5.97 Å². The molecule has 2 atom stereocenters. The van der Waals surface area contributed by atoms with E-state index in [2.05, 4.69) is 42.6 Å². The molecule has 1 aliphatic carbocycles. The van der Waals surface area contributed by atoms with Crippen molar-refractivity contribution in [2.75, 3.05) is 19.6 Å². The maximum atomic E-state index is 10.7.